The minimum atomic E-state index is -0.549. The summed E-state index contributed by atoms with van der Waals surface area (Å²) in [6.45, 7) is 0.865. The van der Waals surface area contributed by atoms with Crippen LogP contribution in [0.1, 0.15) is 16.1 Å². The van der Waals surface area contributed by atoms with Crippen LogP contribution in [0.5, 0.6) is 0 Å². The molecule has 3 heterocycles. The second kappa shape index (κ2) is 8.28. The molecule has 5 rings (SSSR count). The van der Waals surface area contributed by atoms with Gasteiger partial charge >= 0.3 is 0 Å². The van der Waals surface area contributed by atoms with Gasteiger partial charge in [-0.05, 0) is 47.0 Å². The monoisotopic (exact) mass is 409 g/mol. The molecule has 2 aromatic carbocycles. The predicted molar refractivity (Wildman–Crippen MR) is 121 cm³/mol. The van der Waals surface area contributed by atoms with Crippen LogP contribution < -0.4 is 0 Å². The second-order valence-electron chi connectivity index (χ2n) is 8.01. The fraction of sp³-hybridized carbons (Fsp3) is 0.192. The summed E-state index contributed by atoms with van der Waals surface area (Å²) in [7, 11) is 0. The topological polar surface area (TPSA) is 66.3 Å². The smallest absolute Gasteiger partial charge is 0.254 e. The summed E-state index contributed by atoms with van der Waals surface area (Å²) in [5, 5.41) is 12.5. The molecule has 4 aromatic rings. The molecule has 0 saturated carbocycles. The molecule has 5 heteroatoms. The van der Waals surface area contributed by atoms with Crippen LogP contribution in [0.4, 0.5) is 0 Å². The van der Waals surface area contributed by atoms with Crippen molar-refractivity contribution in [3.8, 4) is 11.1 Å². The number of carbonyl (C=O) groups is 1. The van der Waals surface area contributed by atoms with E-state index in [4.69, 9.17) is 0 Å². The predicted octanol–water partition coefficient (Wildman–Crippen LogP) is 3.97. The first kappa shape index (κ1) is 19.4. The average Bonchev–Trinajstić information content (AvgIpc) is 3.19. The van der Waals surface area contributed by atoms with Crippen molar-refractivity contribution in [3.63, 3.8) is 0 Å². The van der Waals surface area contributed by atoms with Crippen LogP contribution in [0, 0.1) is 5.92 Å². The molecule has 1 saturated heterocycles. The number of carbonyl (C=O) groups excluding carboxylic acids is 1. The lowest BCUT2D eigenvalue weighted by Crippen LogP contribution is -2.29. The van der Waals surface area contributed by atoms with E-state index >= 15 is 0 Å². The number of likely N-dealkylation sites (tertiary alicyclic amines) is 1. The number of aromatic nitrogens is 2. The van der Waals surface area contributed by atoms with E-state index < -0.39 is 6.10 Å². The van der Waals surface area contributed by atoms with Gasteiger partial charge < -0.3 is 10.0 Å². The SMILES string of the molecule is O=C(c1cccc2c(-c3cccnc3)cccc12)N1C[C@@H](Cc2ccccn2)[C@H](O)C1. The normalized spacial score (nSPS) is 18.4. The van der Waals surface area contributed by atoms with Crippen LogP contribution in [0.2, 0.25) is 0 Å². The minimum absolute atomic E-state index is 0.0141. The number of aliphatic hydroxyl groups is 1. The van der Waals surface area contributed by atoms with Crippen molar-refractivity contribution in [2.24, 2.45) is 5.92 Å². The summed E-state index contributed by atoms with van der Waals surface area (Å²) < 4.78 is 0. The molecule has 2 atom stereocenters. The third-order valence-electron chi connectivity index (χ3n) is 6.02. The first-order valence-electron chi connectivity index (χ1n) is 10.5. The molecule has 0 spiro atoms. The van der Waals surface area contributed by atoms with E-state index in [0.717, 1.165) is 27.6 Å². The third kappa shape index (κ3) is 3.80. The van der Waals surface area contributed by atoms with E-state index in [1.807, 2.05) is 66.9 Å². The van der Waals surface area contributed by atoms with E-state index in [1.54, 1.807) is 17.3 Å². The number of hydrogen-bond acceptors (Lipinski definition) is 4. The Morgan fingerprint density at radius 3 is 2.61 bits per heavy atom. The number of hydrogen-bond donors (Lipinski definition) is 1. The molecule has 5 nitrogen and oxygen atoms in total. The summed E-state index contributed by atoms with van der Waals surface area (Å²) in [5.74, 6) is -0.0590. The molecule has 1 aliphatic rings. The van der Waals surface area contributed by atoms with Gasteiger partial charge in [0.05, 0.1) is 6.10 Å². The maximum absolute atomic E-state index is 13.4. The first-order valence-corrected chi connectivity index (χ1v) is 10.5. The summed E-state index contributed by atoms with van der Waals surface area (Å²) in [6.07, 6.45) is 5.46. The van der Waals surface area contributed by atoms with Crippen molar-refractivity contribution >= 4 is 16.7 Å². The van der Waals surface area contributed by atoms with Crippen molar-refractivity contribution in [3.05, 3.63) is 96.6 Å². The molecule has 0 radical (unpaired) electrons. The molecule has 1 aliphatic heterocycles. The molecular formula is C26H23N3O2. The quantitative estimate of drug-likeness (QED) is 0.554. The molecular weight excluding hydrogens is 386 g/mol. The Kier molecular flexibility index (Phi) is 5.18. The zero-order valence-corrected chi connectivity index (χ0v) is 17.1. The number of benzene rings is 2. The maximum Gasteiger partial charge on any atom is 0.254 e. The van der Waals surface area contributed by atoms with Crippen molar-refractivity contribution in [1.82, 2.24) is 14.9 Å². The van der Waals surface area contributed by atoms with Gasteiger partial charge in [-0.3, -0.25) is 14.8 Å². The van der Waals surface area contributed by atoms with Crippen LogP contribution in [0.25, 0.3) is 21.9 Å². The van der Waals surface area contributed by atoms with Gasteiger partial charge in [0.25, 0.3) is 5.91 Å². The Bertz CT molecular complexity index is 1210. The first-order chi connectivity index (χ1) is 15.2. The molecule has 154 valence electrons. The second-order valence-corrected chi connectivity index (χ2v) is 8.01. The van der Waals surface area contributed by atoms with Gasteiger partial charge in [-0.1, -0.05) is 42.5 Å². The van der Waals surface area contributed by atoms with Crippen LogP contribution in [-0.2, 0) is 6.42 Å². The molecule has 0 unspecified atom stereocenters. The Morgan fingerprint density at radius 1 is 0.935 bits per heavy atom. The highest BCUT2D eigenvalue weighted by Gasteiger charge is 2.35. The summed E-state index contributed by atoms with van der Waals surface area (Å²) in [6, 6.07) is 21.6. The van der Waals surface area contributed by atoms with Gasteiger partial charge in [0, 0.05) is 54.4 Å². The van der Waals surface area contributed by atoms with Gasteiger partial charge in [-0.15, -0.1) is 0 Å². The van der Waals surface area contributed by atoms with Gasteiger partial charge in [0.1, 0.15) is 0 Å². The zero-order chi connectivity index (χ0) is 21.2. The van der Waals surface area contributed by atoms with Gasteiger partial charge in [-0.2, -0.15) is 0 Å². The lowest BCUT2D eigenvalue weighted by molar-refractivity contribution is 0.0766. The lowest BCUT2D eigenvalue weighted by Gasteiger charge is -2.18. The molecule has 1 N–H and O–H groups in total. The highest BCUT2D eigenvalue weighted by Crippen LogP contribution is 2.31. The van der Waals surface area contributed by atoms with Gasteiger partial charge in [-0.25, -0.2) is 0 Å². The fourth-order valence-electron chi connectivity index (χ4n) is 4.45. The number of fused-ring (bicyclic) bond motifs is 1. The summed E-state index contributed by atoms with van der Waals surface area (Å²) in [4.78, 5) is 23.8. The van der Waals surface area contributed by atoms with Crippen molar-refractivity contribution in [2.45, 2.75) is 12.5 Å². The molecule has 0 bridgehead atoms. The van der Waals surface area contributed by atoms with E-state index in [9.17, 15) is 9.90 Å². The largest absolute Gasteiger partial charge is 0.391 e. The molecule has 1 amide bonds. The van der Waals surface area contributed by atoms with Crippen LogP contribution in [0.3, 0.4) is 0 Å². The lowest BCUT2D eigenvalue weighted by atomic mass is 9.96. The van der Waals surface area contributed by atoms with E-state index in [1.165, 1.54) is 0 Å². The van der Waals surface area contributed by atoms with Crippen molar-refractivity contribution < 1.29 is 9.90 Å². The maximum atomic E-state index is 13.4. The van der Waals surface area contributed by atoms with Crippen molar-refractivity contribution in [2.75, 3.05) is 13.1 Å². The molecule has 2 aromatic heterocycles. The van der Waals surface area contributed by atoms with Crippen LogP contribution >= 0.6 is 0 Å². The summed E-state index contributed by atoms with van der Waals surface area (Å²) >= 11 is 0. The van der Waals surface area contributed by atoms with Crippen LogP contribution in [0.15, 0.2) is 85.3 Å². The number of amides is 1. The number of pyridine rings is 2. The van der Waals surface area contributed by atoms with Gasteiger partial charge in [0.15, 0.2) is 0 Å². The molecule has 31 heavy (non-hydrogen) atoms. The average molecular weight is 409 g/mol. The Labute approximate surface area is 181 Å². The van der Waals surface area contributed by atoms with E-state index in [0.29, 0.717) is 25.1 Å². The van der Waals surface area contributed by atoms with Crippen LogP contribution in [-0.4, -0.2) is 45.1 Å². The minimum Gasteiger partial charge on any atom is -0.391 e. The number of aliphatic hydroxyl groups excluding tert-OH is 1. The zero-order valence-electron chi connectivity index (χ0n) is 17.1. The summed E-state index contributed by atoms with van der Waals surface area (Å²) in [5.41, 5.74) is 3.67. The fourth-order valence-corrected chi connectivity index (χ4v) is 4.45. The Balaban J connectivity index is 1.44. The van der Waals surface area contributed by atoms with Crippen molar-refractivity contribution in [1.29, 1.82) is 0 Å². The van der Waals surface area contributed by atoms with Gasteiger partial charge in [0.2, 0.25) is 0 Å². The number of β-amino-alcohol motifs (C(OH)–C–C–N with tert-alkyl or cyclic N) is 1. The number of nitrogens with zero attached hydrogens (tertiary/aromatic N) is 3. The highest BCUT2D eigenvalue weighted by molar-refractivity contribution is 6.10. The Morgan fingerprint density at radius 2 is 1.81 bits per heavy atom. The molecule has 1 fully saturated rings. The van der Waals surface area contributed by atoms with E-state index in [2.05, 4.69) is 16.0 Å². The standard InChI is InChI=1S/C26H23N3O2/c30-25-17-29(16-19(25)14-20-7-1-2-13-28-20)26(31)24-11-4-9-22-21(8-3-10-23(22)24)18-6-5-12-27-15-18/h1-13,15,19,25,30H,14,16-17H2/t19-,25-/m1/s1. The Hall–Kier alpha value is -3.57. The number of rotatable bonds is 4. The molecule has 0 aliphatic carbocycles. The highest BCUT2D eigenvalue weighted by atomic mass is 16.3. The van der Waals surface area contributed by atoms with E-state index in [-0.39, 0.29) is 11.8 Å². The third-order valence-corrected chi connectivity index (χ3v) is 6.02.